The number of carbonyl (C=O) groups excluding carboxylic acids is 3. The van der Waals surface area contributed by atoms with Crippen LogP contribution in [0.1, 0.15) is 41.0 Å². The lowest BCUT2D eigenvalue weighted by molar-refractivity contribution is -0.150. The summed E-state index contributed by atoms with van der Waals surface area (Å²) in [6.07, 6.45) is -0.693. The van der Waals surface area contributed by atoms with Crippen LogP contribution in [0.5, 0.6) is 0 Å². The number of esters is 2. The van der Waals surface area contributed by atoms with Crippen LogP contribution in [0.15, 0.2) is 0 Å². The van der Waals surface area contributed by atoms with Gasteiger partial charge in [-0.25, -0.2) is 9.59 Å². The molecule has 1 saturated heterocycles. The highest BCUT2D eigenvalue weighted by Gasteiger charge is 2.50. The molecule has 132 valence electrons. The second-order valence-electron chi connectivity index (χ2n) is 6.32. The molecule has 0 radical (unpaired) electrons. The van der Waals surface area contributed by atoms with E-state index in [1.165, 1.54) is 0 Å². The minimum Gasteiger partial charge on any atom is -0.465 e. The largest absolute Gasteiger partial charge is 0.465 e. The first-order valence-electron chi connectivity index (χ1n) is 7.72. The van der Waals surface area contributed by atoms with Crippen LogP contribution in [0.3, 0.4) is 0 Å². The van der Waals surface area contributed by atoms with Crippen molar-refractivity contribution in [3.8, 4) is 0 Å². The van der Waals surface area contributed by atoms with E-state index in [-0.39, 0.29) is 26.2 Å². The van der Waals surface area contributed by atoms with E-state index in [0.29, 0.717) is 0 Å². The van der Waals surface area contributed by atoms with Gasteiger partial charge in [0.25, 0.3) is 0 Å². The molecule has 1 amide bonds. The fraction of sp³-hybridized carbons (Fsp3) is 0.800. The average Bonchev–Trinajstić information content (AvgIpc) is 2.82. The summed E-state index contributed by atoms with van der Waals surface area (Å²) in [6, 6.07) is -0.686. The average molecular weight is 330 g/mol. The van der Waals surface area contributed by atoms with Gasteiger partial charge < -0.3 is 24.8 Å². The molecule has 23 heavy (non-hydrogen) atoms. The van der Waals surface area contributed by atoms with Crippen LogP contribution in [-0.2, 0) is 23.8 Å². The molecule has 2 atom stereocenters. The Kier molecular flexibility index (Phi) is 6.37. The maximum absolute atomic E-state index is 12.3. The summed E-state index contributed by atoms with van der Waals surface area (Å²) in [4.78, 5) is 36.2. The van der Waals surface area contributed by atoms with Crippen molar-refractivity contribution >= 4 is 18.0 Å². The monoisotopic (exact) mass is 330 g/mol. The molecule has 0 aromatic heterocycles. The van der Waals surface area contributed by atoms with E-state index in [4.69, 9.17) is 14.2 Å². The minimum atomic E-state index is -1.35. The van der Waals surface area contributed by atoms with Crippen LogP contribution in [-0.4, -0.2) is 55.0 Å². The predicted molar refractivity (Wildman–Crippen MR) is 81.8 cm³/mol. The normalized spacial score (nSPS) is 24.0. The molecular formula is C15H26N2O6. The number of alkyl carbamates (subject to hydrolysis) is 1. The molecule has 1 aliphatic rings. The van der Waals surface area contributed by atoms with Gasteiger partial charge in [0.15, 0.2) is 5.54 Å². The highest BCUT2D eigenvalue weighted by atomic mass is 16.6. The van der Waals surface area contributed by atoms with Gasteiger partial charge in [-0.15, -0.1) is 0 Å². The maximum atomic E-state index is 12.3. The Morgan fingerprint density at radius 1 is 1.17 bits per heavy atom. The summed E-state index contributed by atoms with van der Waals surface area (Å²) >= 11 is 0. The van der Waals surface area contributed by atoms with Crippen molar-refractivity contribution in [1.29, 1.82) is 0 Å². The number of hydrogen-bond donors (Lipinski definition) is 2. The Hall–Kier alpha value is -1.83. The lowest BCUT2D eigenvalue weighted by Crippen LogP contribution is -2.57. The Morgan fingerprint density at radius 2 is 1.78 bits per heavy atom. The smallest absolute Gasteiger partial charge is 0.408 e. The summed E-state index contributed by atoms with van der Waals surface area (Å²) in [5.41, 5.74) is -2.05. The molecule has 0 spiro atoms. The molecule has 0 aromatic rings. The molecule has 8 heteroatoms. The van der Waals surface area contributed by atoms with Gasteiger partial charge in [-0.05, 0) is 34.6 Å². The summed E-state index contributed by atoms with van der Waals surface area (Å²) in [5, 5.41) is 5.45. The van der Waals surface area contributed by atoms with Gasteiger partial charge in [0.05, 0.1) is 13.2 Å². The number of rotatable bonds is 5. The molecule has 1 rings (SSSR count). The quantitative estimate of drug-likeness (QED) is 0.566. The summed E-state index contributed by atoms with van der Waals surface area (Å²) in [6.45, 7) is 9.00. The van der Waals surface area contributed by atoms with Crippen molar-refractivity contribution < 1.29 is 28.6 Å². The predicted octanol–water partition coefficient (Wildman–Crippen LogP) is 0.738. The highest BCUT2D eigenvalue weighted by Crippen LogP contribution is 2.23. The number of amides is 1. The third-order valence-corrected chi connectivity index (χ3v) is 3.18. The van der Waals surface area contributed by atoms with E-state index in [2.05, 4.69) is 10.6 Å². The van der Waals surface area contributed by atoms with Gasteiger partial charge in [0.2, 0.25) is 0 Å². The number of nitrogens with one attached hydrogen (secondary N) is 2. The zero-order chi connectivity index (χ0) is 17.7. The Morgan fingerprint density at radius 3 is 2.30 bits per heavy atom. The van der Waals surface area contributed by atoms with Gasteiger partial charge in [-0.1, -0.05) is 0 Å². The van der Waals surface area contributed by atoms with Crippen molar-refractivity contribution in [2.45, 2.75) is 58.2 Å². The van der Waals surface area contributed by atoms with E-state index in [0.717, 1.165) is 0 Å². The maximum Gasteiger partial charge on any atom is 0.408 e. The molecule has 8 nitrogen and oxygen atoms in total. The summed E-state index contributed by atoms with van der Waals surface area (Å²) in [7, 11) is 0. The van der Waals surface area contributed by atoms with Crippen LogP contribution < -0.4 is 10.6 Å². The van der Waals surface area contributed by atoms with E-state index < -0.39 is 35.2 Å². The summed E-state index contributed by atoms with van der Waals surface area (Å²) < 4.78 is 15.2. The zero-order valence-corrected chi connectivity index (χ0v) is 14.4. The second-order valence-corrected chi connectivity index (χ2v) is 6.32. The molecule has 1 fully saturated rings. The number of ether oxygens (including phenoxy) is 3. The van der Waals surface area contributed by atoms with Crippen LogP contribution >= 0.6 is 0 Å². The van der Waals surface area contributed by atoms with Crippen LogP contribution in [0.25, 0.3) is 0 Å². The molecule has 0 aliphatic carbocycles. The molecule has 0 bridgehead atoms. The zero-order valence-electron chi connectivity index (χ0n) is 14.4. The van der Waals surface area contributed by atoms with Crippen molar-refractivity contribution in [1.82, 2.24) is 10.6 Å². The lowest BCUT2D eigenvalue weighted by atomic mass is 9.96. The van der Waals surface area contributed by atoms with E-state index in [1.54, 1.807) is 34.6 Å². The lowest BCUT2D eigenvalue weighted by Gasteiger charge is -2.29. The van der Waals surface area contributed by atoms with Gasteiger partial charge in [0, 0.05) is 13.0 Å². The first kappa shape index (κ1) is 19.2. The molecule has 0 aromatic carbocycles. The van der Waals surface area contributed by atoms with Gasteiger partial charge in [-0.3, -0.25) is 4.79 Å². The SMILES string of the molecule is CCOC(=O)[C@H]1C[C@](NC(=O)OC(C)(C)C)(C(=O)OCC)CN1. The van der Waals surface area contributed by atoms with Crippen molar-refractivity contribution in [3.05, 3.63) is 0 Å². The highest BCUT2D eigenvalue weighted by molar-refractivity contribution is 5.89. The van der Waals surface area contributed by atoms with Crippen molar-refractivity contribution in [2.24, 2.45) is 0 Å². The number of carbonyl (C=O) groups is 3. The third kappa shape index (κ3) is 5.38. The van der Waals surface area contributed by atoms with E-state index in [1.807, 2.05) is 0 Å². The van der Waals surface area contributed by atoms with Gasteiger partial charge >= 0.3 is 18.0 Å². The Bertz CT molecular complexity index is 459. The van der Waals surface area contributed by atoms with E-state index in [9.17, 15) is 14.4 Å². The van der Waals surface area contributed by atoms with E-state index >= 15 is 0 Å². The first-order valence-corrected chi connectivity index (χ1v) is 7.72. The second kappa shape index (κ2) is 7.63. The number of hydrogen-bond acceptors (Lipinski definition) is 7. The third-order valence-electron chi connectivity index (χ3n) is 3.18. The van der Waals surface area contributed by atoms with Crippen molar-refractivity contribution in [2.75, 3.05) is 19.8 Å². The molecule has 0 saturated carbocycles. The van der Waals surface area contributed by atoms with Crippen molar-refractivity contribution in [3.63, 3.8) is 0 Å². The molecule has 1 heterocycles. The fourth-order valence-electron chi connectivity index (χ4n) is 2.27. The van der Waals surface area contributed by atoms with Gasteiger partial charge in [-0.2, -0.15) is 0 Å². The topological polar surface area (TPSA) is 103 Å². The van der Waals surface area contributed by atoms with Gasteiger partial charge in [0.1, 0.15) is 11.6 Å². The molecular weight excluding hydrogens is 304 g/mol. The van der Waals surface area contributed by atoms with Crippen LogP contribution in [0.4, 0.5) is 4.79 Å². The molecule has 2 N–H and O–H groups in total. The first-order chi connectivity index (χ1) is 10.6. The molecule has 1 aliphatic heterocycles. The molecule has 0 unspecified atom stereocenters. The Labute approximate surface area is 136 Å². The fourth-order valence-corrected chi connectivity index (χ4v) is 2.27. The minimum absolute atomic E-state index is 0.0455. The van der Waals surface area contributed by atoms with Crippen LogP contribution in [0, 0.1) is 0 Å². The standard InChI is InChI=1S/C15H26N2O6/c1-6-21-11(18)10-8-15(9-16-10,12(19)22-7-2)17-13(20)23-14(3,4)5/h10,16H,6-9H2,1-5H3,(H,17,20)/t10-,15-/m1/s1. The Balaban J connectivity index is 2.87. The van der Waals surface area contributed by atoms with Crippen LogP contribution in [0.2, 0.25) is 0 Å². The summed E-state index contributed by atoms with van der Waals surface area (Å²) in [5.74, 6) is -1.07.